The number of hydrogen-bond acceptors (Lipinski definition) is 4. The Kier molecular flexibility index (Phi) is 5.69. The van der Waals surface area contributed by atoms with Crippen molar-refractivity contribution in [1.29, 1.82) is 0 Å². The summed E-state index contributed by atoms with van der Waals surface area (Å²) in [6.45, 7) is 8.49. The number of guanidine groups is 1. The lowest BCUT2D eigenvalue weighted by Crippen LogP contribution is -2.51. The molecule has 2 N–H and O–H groups in total. The van der Waals surface area contributed by atoms with Crippen LogP contribution in [-0.4, -0.2) is 61.0 Å². The molecule has 0 saturated carbocycles. The third-order valence-electron chi connectivity index (χ3n) is 6.14. The summed E-state index contributed by atoms with van der Waals surface area (Å²) in [7, 11) is 0. The molecule has 0 radical (unpaired) electrons. The number of nitrogens with zero attached hydrogens (tertiary/aromatic N) is 4. The number of carbonyl (C=O) groups is 1. The summed E-state index contributed by atoms with van der Waals surface area (Å²) in [6, 6.07) is 4.24. The number of likely N-dealkylation sites (tertiary alicyclic amines) is 1. The molecule has 4 heterocycles. The van der Waals surface area contributed by atoms with Gasteiger partial charge in [0.25, 0.3) is 0 Å². The van der Waals surface area contributed by atoms with Gasteiger partial charge in [-0.15, -0.1) is 0 Å². The quantitative estimate of drug-likeness (QED) is 0.611. The fourth-order valence-electron chi connectivity index (χ4n) is 4.70. The molecule has 3 aliphatic heterocycles. The van der Waals surface area contributed by atoms with Gasteiger partial charge in [-0.3, -0.25) is 4.79 Å². The highest BCUT2D eigenvalue weighted by molar-refractivity contribution is 5.81. The standard InChI is InChI=1S/C21H32N6O/c1-2-22-20(27-11-5-7-21(16-27)13-19(28)25-15-21)24-14-17-6-8-23-18(12-17)26-9-3-4-10-26/h6,8,12H,2-5,7,9-11,13-16H2,1H3,(H,22,24)(H,25,28). The molecule has 3 saturated heterocycles. The van der Waals surface area contributed by atoms with Crippen molar-refractivity contribution in [2.45, 2.75) is 45.6 Å². The highest BCUT2D eigenvalue weighted by Crippen LogP contribution is 2.36. The maximum atomic E-state index is 11.8. The monoisotopic (exact) mass is 384 g/mol. The number of piperidine rings is 1. The van der Waals surface area contributed by atoms with Crippen LogP contribution in [0, 0.1) is 5.41 Å². The summed E-state index contributed by atoms with van der Waals surface area (Å²) in [5.74, 6) is 2.22. The third-order valence-corrected chi connectivity index (χ3v) is 6.14. The first-order chi connectivity index (χ1) is 13.7. The van der Waals surface area contributed by atoms with E-state index in [1.54, 1.807) is 0 Å². The molecule has 1 amide bonds. The summed E-state index contributed by atoms with van der Waals surface area (Å²) < 4.78 is 0. The number of rotatable bonds is 4. The van der Waals surface area contributed by atoms with Gasteiger partial charge in [0.05, 0.1) is 6.54 Å². The van der Waals surface area contributed by atoms with Crippen molar-refractivity contribution in [3.63, 3.8) is 0 Å². The summed E-state index contributed by atoms with van der Waals surface area (Å²) >= 11 is 0. The van der Waals surface area contributed by atoms with Gasteiger partial charge in [0.15, 0.2) is 5.96 Å². The minimum atomic E-state index is 0.0745. The number of aromatic nitrogens is 1. The Balaban J connectivity index is 1.46. The van der Waals surface area contributed by atoms with Gasteiger partial charge in [-0.1, -0.05) is 0 Å². The lowest BCUT2D eigenvalue weighted by Gasteiger charge is -2.40. The summed E-state index contributed by atoms with van der Waals surface area (Å²) in [5, 5.41) is 6.48. The predicted molar refractivity (Wildman–Crippen MR) is 111 cm³/mol. The topological polar surface area (TPSA) is 72.9 Å². The van der Waals surface area contributed by atoms with Crippen molar-refractivity contribution in [3.05, 3.63) is 23.9 Å². The molecule has 3 fully saturated rings. The Morgan fingerprint density at radius 1 is 1.32 bits per heavy atom. The van der Waals surface area contributed by atoms with Crippen LogP contribution in [0.15, 0.2) is 23.3 Å². The summed E-state index contributed by atoms with van der Waals surface area (Å²) in [5.41, 5.74) is 1.27. The van der Waals surface area contributed by atoms with Crippen molar-refractivity contribution in [2.24, 2.45) is 10.4 Å². The number of pyridine rings is 1. The molecule has 7 nitrogen and oxygen atoms in total. The van der Waals surface area contributed by atoms with Crippen LogP contribution < -0.4 is 15.5 Å². The van der Waals surface area contributed by atoms with Crippen LogP contribution in [-0.2, 0) is 11.3 Å². The van der Waals surface area contributed by atoms with E-state index in [0.717, 1.165) is 63.9 Å². The van der Waals surface area contributed by atoms with E-state index < -0.39 is 0 Å². The first-order valence-corrected chi connectivity index (χ1v) is 10.7. The second-order valence-corrected chi connectivity index (χ2v) is 8.37. The Hall–Kier alpha value is -2.31. The van der Waals surface area contributed by atoms with Gasteiger partial charge in [0.2, 0.25) is 5.91 Å². The van der Waals surface area contributed by atoms with Crippen LogP contribution in [0.25, 0.3) is 0 Å². The van der Waals surface area contributed by atoms with E-state index in [-0.39, 0.29) is 11.3 Å². The second-order valence-electron chi connectivity index (χ2n) is 8.37. The van der Waals surface area contributed by atoms with Crippen molar-refractivity contribution in [1.82, 2.24) is 20.5 Å². The normalized spacial score (nSPS) is 25.5. The van der Waals surface area contributed by atoms with Gasteiger partial charge in [0.1, 0.15) is 5.82 Å². The maximum absolute atomic E-state index is 11.8. The molecule has 1 spiro atoms. The molecule has 0 aromatic carbocycles. The minimum absolute atomic E-state index is 0.0745. The van der Waals surface area contributed by atoms with E-state index in [1.165, 1.54) is 18.4 Å². The average Bonchev–Trinajstić information content (AvgIpc) is 3.36. The van der Waals surface area contributed by atoms with Crippen LogP contribution in [0.3, 0.4) is 0 Å². The zero-order chi connectivity index (χ0) is 19.4. The average molecular weight is 385 g/mol. The van der Waals surface area contributed by atoms with Gasteiger partial charge in [-0.2, -0.15) is 0 Å². The largest absolute Gasteiger partial charge is 0.357 e. The van der Waals surface area contributed by atoms with Crippen LogP contribution in [0.1, 0.15) is 44.6 Å². The van der Waals surface area contributed by atoms with Crippen molar-refractivity contribution >= 4 is 17.7 Å². The van der Waals surface area contributed by atoms with Crippen LogP contribution in [0.2, 0.25) is 0 Å². The van der Waals surface area contributed by atoms with E-state index in [2.05, 4.69) is 44.5 Å². The molecule has 7 heteroatoms. The lowest BCUT2D eigenvalue weighted by atomic mass is 9.79. The molecule has 1 unspecified atom stereocenters. The molecular weight excluding hydrogens is 352 g/mol. The first kappa shape index (κ1) is 19.0. The van der Waals surface area contributed by atoms with Crippen LogP contribution in [0.4, 0.5) is 5.82 Å². The summed E-state index contributed by atoms with van der Waals surface area (Å²) in [6.07, 6.45) is 7.27. The lowest BCUT2D eigenvalue weighted by molar-refractivity contribution is -0.119. The van der Waals surface area contributed by atoms with E-state index in [0.29, 0.717) is 13.0 Å². The van der Waals surface area contributed by atoms with Crippen molar-refractivity contribution in [3.8, 4) is 0 Å². The number of anilines is 1. The smallest absolute Gasteiger partial charge is 0.220 e. The van der Waals surface area contributed by atoms with Crippen LogP contribution in [0.5, 0.6) is 0 Å². The van der Waals surface area contributed by atoms with Crippen molar-refractivity contribution < 1.29 is 4.79 Å². The zero-order valence-corrected chi connectivity index (χ0v) is 16.9. The SMILES string of the molecule is CCNC(=NCc1ccnc(N2CCCC2)c1)N1CCCC2(CNC(=O)C2)C1. The highest BCUT2D eigenvalue weighted by Gasteiger charge is 2.42. The Morgan fingerprint density at radius 2 is 2.18 bits per heavy atom. The number of nitrogens with one attached hydrogen (secondary N) is 2. The second kappa shape index (κ2) is 8.37. The van der Waals surface area contributed by atoms with Gasteiger partial charge < -0.3 is 20.4 Å². The number of hydrogen-bond donors (Lipinski definition) is 2. The van der Waals surface area contributed by atoms with E-state index in [1.807, 2.05) is 6.20 Å². The van der Waals surface area contributed by atoms with Gasteiger partial charge >= 0.3 is 0 Å². The van der Waals surface area contributed by atoms with Crippen molar-refractivity contribution in [2.75, 3.05) is 44.2 Å². The molecule has 0 aliphatic carbocycles. The minimum Gasteiger partial charge on any atom is -0.357 e. The molecule has 1 atom stereocenters. The Bertz CT molecular complexity index is 729. The molecule has 1 aromatic heterocycles. The zero-order valence-electron chi connectivity index (χ0n) is 16.9. The molecule has 28 heavy (non-hydrogen) atoms. The number of aliphatic imine (C=N–C) groups is 1. The van der Waals surface area contributed by atoms with Gasteiger partial charge in [-0.25, -0.2) is 9.98 Å². The molecule has 152 valence electrons. The predicted octanol–water partition coefficient (Wildman–Crippen LogP) is 1.75. The fraction of sp³-hybridized carbons (Fsp3) is 0.667. The van der Waals surface area contributed by atoms with Crippen LogP contribution >= 0.6 is 0 Å². The fourth-order valence-corrected chi connectivity index (χ4v) is 4.70. The Morgan fingerprint density at radius 3 is 2.93 bits per heavy atom. The van der Waals surface area contributed by atoms with E-state index in [4.69, 9.17) is 4.99 Å². The van der Waals surface area contributed by atoms with E-state index >= 15 is 0 Å². The number of carbonyl (C=O) groups excluding carboxylic acids is 1. The molecular formula is C21H32N6O. The molecule has 1 aromatic rings. The molecule has 3 aliphatic rings. The highest BCUT2D eigenvalue weighted by atomic mass is 16.1. The third kappa shape index (κ3) is 4.23. The maximum Gasteiger partial charge on any atom is 0.220 e. The van der Waals surface area contributed by atoms with Gasteiger partial charge in [0, 0.05) is 57.3 Å². The Labute approximate surface area is 167 Å². The number of amides is 1. The molecule has 4 rings (SSSR count). The first-order valence-electron chi connectivity index (χ1n) is 10.7. The van der Waals surface area contributed by atoms with E-state index in [9.17, 15) is 4.79 Å². The molecule has 0 bridgehead atoms. The van der Waals surface area contributed by atoms with Gasteiger partial charge in [-0.05, 0) is 50.3 Å². The summed E-state index contributed by atoms with van der Waals surface area (Å²) in [4.78, 5) is 26.0.